The highest BCUT2D eigenvalue weighted by molar-refractivity contribution is 8.13. The van der Waals surface area contributed by atoms with Crippen LogP contribution in [0.1, 0.15) is 30.3 Å². The number of aryl methyl sites for hydroxylation is 1. The Balaban J connectivity index is 2.89. The molecule has 0 fully saturated rings. The Morgan fingerprint density at radius 3 is 2.52 bits per heavy atom. The van der Waals surface area contributed by atoms with Crippen molar-refractivity contribution >= 4 is 25.6 Å². The number of nitrogens with one attached hydrogen (secondary N) is 1. The largest absolute Gasteiger partial charge is 0.390 e. The molecule has 1 heterocycles. The summed E-state index contributed by atoms with van der Waals surface area (Å²) >= 11 is 0. The van der Waals surface area contributed by atoms with Crippen LogP contribution < -0.4 is 5.32 Å². The molecule has 1 rings (SSSR count). The molecule has 0 spiro atoms. The van der Waals surface area contributed by atoms with Crippen LogP contribution in [0.2, 0.25) is 0 Å². The van der Waals surface area contributed by atoms with Gasteiger partial charge in [0.05, 0.1) is 6.42 Å². The third kappa shape index (κ3) is 5.58. The van der Waals surface area contributed by atoms with Crippen LogP contribution in [0.15, 0.2) is 17.2 Å². The van der Waals surface area contributed by atoms with Gasteiger partial charge >= 0.3 is 6.18 Å². The lowest BCUT2D eigenvalue weighted by Crippen LogP contribution is -2.29. The lowest BCUT2D eigenvalue weighted by Gasteiger charge is -2.09. The molecule has 1 N–H and O–H groups in total. The predicted octanol–water partition coefficient (Wildman–Crippen LogP) is 2.51. The summed E-state index contributed by atoms with van der Waals surface area (Å²) in [6.45, 7) is 1.57. The molecule has 1 aromatic rings. The number of aromatic nitrogens is 1. The summed E-state index contributed by atoms with van der Waals surface area (Å²) in [5, 5.41) is 2.10. The molecule has 0 unspecified atom stereocenters. The fourth-order valence-corrected chi connectivity index (χ4v) is 2.40. The number of nitrogens with zero attached hydrogens (tertiary/aromatic N) is 1. The second kappa shape index (κ2) is 6.69. The van der Waals surface area contributed by atoms with E-state index in [2.05, 4.69) is 5.32 Å². The minimum absolute atomic E-state index is 0.0433. The maximum atomic E-state index is 12.0. The van der Waals surface area contributed by atoms with Gasteiger partial charge in [-0.3, -0.25) is 4.79 Å². The molecular weight excluding hydrogens is 333 g/mol. The van der Waals surface area contributed by atoms with E-state index in [-0.39, 0.29) is 10.6 Å². The summed E-state index contributed by atoms with van der Waals surface area (Å²) in [6, 6.07) is 1.04. The van der Waals surface area contributed by atoms with Gasteiger partial charge in [0.2, 0.25) is 0 Å². The first-order chi connectivity index (χ1) is 9.54. The highest BCUT2D eigenvalue weighted by atomic mass is 35.7. The molecule has 5 nitrogen and oxygen atoms in total. The Labute approximate surface area is 124 Å². The van der Waals surface area contributed by atoms with Crippen molar-refractivity contribution in [3.8, 4) is 0 Å². The Hall–Kier alpha value is -1.22. The zero-order chi connectivity index (χ0) is 16.3. The highest BCUT2D eigenvalue weighted by Gasteiger charge is 2.27. The molecule has 0 aliphatic carbocycles. The van der Waals surface area contributed by atoms with Gasteiger partial charge < -0.3 is 9.88 Å². The summed E-state index contributed by atoms with van der Waals surface area (Å²) < 4.78 is 59.9. The summed E-state index contributed by atoms with van der Waals surface area (Å²) in [7, 11) is 1.18. The number of amides is 1. The van der Waals surface area contributed by atoms with E-state index >= 15 is 0 Å². The average molecular weight is 347 g/mol. The molecule has 10 heteroatoms. The smallest absolute Gasteiger partial charge is 0.350 e. The van der Waals surface area contributed by atoms with Gasteiger partial charge in [0.15, 0.2) is 0 Å². The zero-order valence-electron chi connectivity index (χ0n) is 11.1. The number of hydrogen-bond acceptors (Lipinski definition) is 3. The van der Waals surface area contributed by atoms with Crippen molar-refractivity contribution in [2.24, 2.45) is 0 Å². The Kier molecular flexibility index (Phi) is 5.68. The van der Waals surface area contributed by atoms with Crippen LogP contribution in [0, 0.1) is 0 Å². The van der Waals surface area contributed by atoms with Crippen molar-refractivity contribution in [3.63, 3.8) is 0 Å². The minimum atomic E-state index is -4.37. The summed E-state index contributed by atoms with van der Waals surface area (Å²) in [5.74, 6) is -0.778. The first-order valence-corrected chi connectivity index (χ1v) is 8.35. The van der Waals surface area contributed by atoms with Crippen LogP contribution in [-0.2, 0) is 15.6 Å². The van der Waals surface area contributed by atoms with Crippen LogP contribution in [0.3, 0.4) is 0 Å². The third-order valence-corrected chi connectivity index (χ3v) is 3.87. The Morgan fingerprint density at radius 1 is 1.43 bits per heavy atom. The monoisotopic (exact) mass is 346 g/mol. The zero-order valence-corrected chi connectivity index (χ0v) is 12.6. The Bertz CT molecular complexity index is 611. The van der Waals surface area contributed by atoms with E-state index < -0.39 is 34.1 Å². The number of alkyl halides is 3. The minimum Gasteiger partial charge on any atom is -0.350 e. The molecule has 21 heavy (non-hydrogen) atoms. The lowest BCUT2D eigenvalue weighted by molar-refractivity contribution is -0.133. The van der Waals surface area contributed by atoms with Gasteiger partial charge in [-0.25, -0.2) is 8.42 Å². The van der Waals surface area contributed by atoms with Gasteiger partial charge in [-0.2, -0.15) is 13.2 Å². The second-order valence-electron chi connectivity index (χ2n) is 4.31. The van der Waals surface area contributed by atoms with Crippen LogP contribution in [-0.4, -0.2) is 31.6 Å². The van der Waals surface area contributed by atoms with Gasteiger partial charge in [0.1, 0.15) is 10.6 Å². The average Bonchev–Trinajstić information content (AvgIpc) is 2.71. The van der Waals surface area contributed by atoms with Gasteiger partial charge in [0.25, 0.3) is 15.0 Å². The molecule has 0 radical (unpaired) electrons. The van der Waals surface area contributed by atoms with E-state index in [0.717, 1.165) is 6.07 Å². The molecule has 0 aromatic carbocycles. The quantitative estimate of drug-likeness (QED) is 0.805. The summed E-state index contributed by atoms with van der Waals surface area (Å²) in [5.41, 5.74) is -0.0433. The molecule has 0 atom stereocenters. The first kappa shape index (κ1) is 17.8. The third-order valence-electron chi connectivity index (χ3n) is 2.54. The molecule has 0 aliphatic heterocycles. The van der Waals surface area contributed by atoms with Crippen LogP contribution >= 0.6 is 10.7 Å². The number of rotatable bonds is 6. The molecule has 120 valence electrons. The fraction of sp³-hybridized carbons (Fsp3) is 0.545. The van der Waals surface area contributed by atoms with Crippen LogP contribution in [0.4, 0.5) is 13.2 Å². The Morgan fingerprint density at radius 2 is 2.05 bits per heavy atom. The van der Waals surface area contributed by atoms with Crippen molar-refractivity contribution in [1.82, 2.24) is 9.88 Å². The maximum absolute atomic E-state index is 12.0. The van der Waals surface area contributed by atoms with E-state index in [1.807, 2.05) is 0 Å². The lowest BCUT2D eigenvalue weighted by atomic mass is 10.3. The number of carbonyl (C=O) groups is 1. The van der Waals surface area contributed by atoms with Crippen molar-refractivity contribution in [3.05, 3.63) is 18.0 Å². The molecule has 0 saturated heterocycles. The number of hydrogen-bond donors (Lipinski definition) is 1. The standard InChI is InChI=1S/C11H14ClF3N2O3S/c1-2-5-17-7-8(21(12,19)20)6-9(17)10(18)16-4-3-11(13,14)15/h6-7H,2-5H2,1H3,(H,16,18). The van der Waals surface area contributed by atoms with E-state index in [9.17, 15) is 26.4 Å². The predicted molar refractivity (Wildman–Crippen MR) is 70.8 cm³/mol. The van der Waals surface area contributed by atoms with E-state index in [4.69, 9.17) is 10.7 Å². The molecule has 0 bridgehead atoms. The van der Waals surface area contributed by atoms with Crippen molar-refractivity contribution < 1.29 is 26.4 Å². The number of carbonyl (C=O) groups excluding carboxylic acids is 1. The van der Waals surface area contributed by atoms with E-state index in [0.29, 0.717) is 13.0 Å². The van der Waals surface area contributed by atoms with Crippen LogP contribution in [0.25, 0.3) is 0 Å². The van der Waals surface area contributed by atoms with Gasteiger partial charge in [0, 0.05) is 30.0 Å². The molecule has 0 aliphatic rings. The highest BCUT2D eigenvalue weighted by Crippen LogP contribution is 2.20. The van der Waals surface area contributed by atoms with E-state index in [1.54, 1.807) is 6.92 Å². The molecule has 1 aromatic heterocycles. The van der Waals surface area contributed by atoms with Crippen molar-refractivity contribution in [2.75, 3.05) is 6.54 Å². The van der Waals surface area contributed by atoms with Gasteiger partial charge in [-0.05, 0) is 12.5 Å². The van der Waals surface area contributed by atoms with Gasteiger partial charge in [-0.1, -0.05) is 6.92 Å². The van der Waals surface area contributed by atoms with Crippen molar-refractivity contribution in [1.29, 1.82) is 0 Å². The SMILES string of the molecule is CCCn1cc(S(=O)(=O)Cl)cc1C(=O)NCCC(F)(F)F. The molecule has 0 saturated carbocycles. The maximum Gasteiger partial charge on any atom is 0.390 e. The molecular formula is C11H14ClF3N2O3S. The first-order valence-electron chi connectivity index (χ1n) is 6.04. The summed E-state index contributed by atoms with van der Waals surface area (Å²) in [6.07, 6.45) is -3.74. The number of halogens is 4. The van der Waals surface area contributed by atoms with Crippen molar-refractivity contribution in [2.45, 2.75) is 37.4 Å². The van der Waals surface area contributed by atoms with Gasteiger partial charge in [-0.15, -0.1) is 0 Å². The topological polar surface area (TPSA) is 68.2 Å². The van der Waals surface area contributed by atoms with E-state index in [1.165, 1.54) is 10.8 Å². The second-order valence-corrected chi connectivity index (χ2v) is 6.88. The summed E-state index contributed by atoms with van der Waals surface area (Å²) in [4.78, 5) is 11.6. The van der Waals surface area contributed by atoms with Crippen LogP contribution in [0.5, 0.6) is 0 Å². The fourth-order valence-electron chi connectivity index (χ4n) is 1.64. The molecule has 1 amide bonds. The normalized spacial score (nSPS) is 12.4.